The van der Waals surface area contributed by atoms with Crippen molar-refractivity contribution in [1.29, 1.82) is 0 Å². The second-order valence-electron chi connectivity index (χ2n) is 2.90. The van der Waals surface area contributed by atoms with E-state index in [1.807, 2.05) is 24.3 Å². The molecule has 1 aromatic carbocycles. The molecular weight excluding hydrogens is 164 g/mol. The Morgan fingerprint density at radius 3 is 3.00 bits per heavy atom. The van der Waals surface area contributed by atoms with E-state index in [9.17, 15) is 0 Å². The topological polar surface area (TPSA) is 46.0 Å². The standard InChI is InChI=1S/C10H10N2O/c13-6-4-8-1-2-9-3-5-11-12-10(9)7-8/h1-3,5,7,13H,4,6H2. The van der Waals surface area contributed by atoms with Crippen molar-refractivity contribution < 1.29 is 5.11 Å². The maximum Gasteiger partial charge on any atom is 0.0932 e. The minimum atomic E-state index is 0.172. The van der Waals surface area contributed by atoms with E-state index in [1.54, 1.807) is 6.20 Å². The van der Waals surface area contributed by atoms with Crippen LogP contribution in [0.1, 0.15) is 5.56 Å². The SMILES string of the molecule is OCCc1ccc2ccnnc2c1. The molecule has 3 heteroatoms. The number of aliphatic hydroxyl groups excluding tert-OH is 1. The lowest BCUT2D eigenvalue weighted by molar-refractivity contribution is 0.299. The van der Waals surface area contributed by atoms with E-state index in [0.29, 0.717) is 6.42 Å². The molecule has 0 spiro atoms. The van der Waals surface area contributed by atoms with E-state index >= 15 is 0 Å². The van der Waals surface area contributed by atoms with Crippen LogP contribution in [-0.2, 0) is 6.42 Å². The molecule has 0 radical (unpaired) electrons. The van der Waals surface area contributed by atoms with Crippen molar-refractivity contribution in [1.82, 2.24) is 10.2 Å². The summed E-state index contributed by atoms with van der Waals surface area (Å²) in [5, 5.41) is 17.6. The van der Waals surface area contributed by atoms with Crippen LogP contribution in [0.4, 0.5) is 0 Å². The van der Waals surface area contributed by atoms with E-state index in [4.69, 9.17) is 5.11 Å². The number of aromatic nitrogens is 2. The van der Waals surface area contributed by atoms with Crippen LogP contribution in [0.2, 0.25) is 0 Å². The van der Waals surface area contributed by atoms with Gasteiger partial charge in [-0.15, -0.1) is 0 Å². The first-order valence-corrected chi connectivity index (χ1v) is 4.21. The molecule has 0 aliphatic rings. The van der Waals surface area contributed by atoms with Gasteiger partial charge in [0.15, 0.2) is 0 Å². The molecule has 0 saturated carbocycles. The zero-order valence-corrected chi connectivity index (χ0v) is 7.14. The number of rotatable bonds is 2. The van der Waals surface area contributed by atoms with Gasteiger partial charge in [0.2, 0.25) is 0 Å². The van der Waals surface area contributed by atoms with Crippen molar-refractivity contribution in [3.63, 3.8) is 0 Å². The molecule has 2 aromatic rings. The van der Waals surface area contributed by atoms with Gasteiger partial charge in [0.1, 0.15) is 0 Å². The zero-order chi connectivity index (χ0) is 9.10. The Hall–Kier alpha value is -1.48. The average Bonchev–Trinajstić information content (AvgIpc) is 2.18. The summed E-state index contributed by atoms with van der Waals surface area (Å²) < 4.78 is 0. The highest BCUT2D eigenvalue weighted by Gasteiger charge is 1.96. The van der Waals surface area contributed by atoms with Gasteiger partial charge in [0.05, 0.1) is 11.7 Å². The normalized spacial score (nSPS) is 10.5. The van der Waals surface area contributed by atoms with Gasteiger partial charge in [-0.1, -0.05) is 12.1 Å². The summed E-state index contributed by atoms with van der Waals surface area (Å²) in [4.78, 5) is 0. The minimum Gasteiger partial charge on any atom is -0.396 e. The van der Waals surface area contributed by atoms with Gasteiger partial charge in [-0.25, -0.2) is 0 Å². The van der Waals surface area contributed by atoms with Crippen molar-refractivity contribution >= 4 is 10.9 Å². The summed E-state index contributed by atoms with van der Waals surface area (Å²) in [6, 6.07) is 7.87. The fraction of sp³-hybridized carbons (Fsp3) is 0.200. The molecule has 13 heavy (non-hydrogen) atoms. The van der Waals surface area contributed by atoms with Crippen LogP contribution in [0.5, 0.6) is 0 Å². The Kier molecular flexibility index (Phi) is 2.19. The first kappa shape index (κ1) is 8.13. The van der Waals surface area contributed by atoms with Crippen molar-refractivity contribution in [3.05, 3.63) is 36.0 Å². The van der Waals surface area contributed by atoms with Gasteiger partial charge in [0.25, 0.3) is 0 Å². The Balaban J connectivity index is 2.49. The number of benzene rings is 1. The summed E-state index contributed by atoms with van der Waals surface area (Å²) in [6.45, 7) is 0.172. The lowest BCUT2D eigenvalue weighted by Crippen LogP contribution is -1.91. The van der Waals surface area contributed by atoms with Crippen LogP contribution in [0.25, 0.3) is 10.9 Å². The zero-order valence-electron chi connectivity index (χ0n) is 7.14. The summed E-state index contributed by atoms with van der Waals surface area (Å²) >= 11 is 0. The van der Waals surface area contributed by atoms with Crippen molar-refractivity contribution in [3.8, 4) is 0 Å². The summed E-state index contributed by atoms with van der Waals surface area (Å²) in [5.74, 6) is 0. The fourth-order valence-corrected chi connectivity index (χ4v) is 1.31. The van der Waals surface area contributed by atoms with Gasteiger partial charge in [-0.05, 0) is 24.1 Å². The Morgan fingerprint density at radius 1 is 1.23 bits per heavy atom. The second kappa shape index (κ2) is 3.49. The highest BCUT2D eigenvalue weighted by Crippen LogP contribution is 2.12. The van der Waals surface area contributed by atoms with Crippen LogP contribution in [0.15, 0.2) is 30.5 Å². The quantitative estimate of drug-likeness (QED) is 0.743. The van der Waals surface area contributed by atoms with Crippen LogP contribution in [0, 0.1) is 0 Å². The summed E-state index contributed by atoms with van der Waals surface area (Å²) in [6.07, 6.45) is 2.35. The monoisotopic (exact) mass is 174 g/mol. The minimum absolute atomic E-state index is 0.172. The Labute approximate surface area is 76.0 Å². The van der Waals surface area contributed by atoms with E-state index in [-0.39, 0.29) is 6.61 Å². The maximum atomic E-state index is 8.76. The lowest BCUT2D eigenvalue weighted by atomic mass is 10.1. The summed E-state index contributed by atoms with van der Waals surface area (Å²) in [5.41, 5.74) is 1.98. The van der Waals surface area contributed by atoms with E-state index < -0.39 is 0 Å². The van der Waals surface area contributed by atoms with Crippen LogP contribution in [0.3, 0.4) is 0 Å². The predicted octanol–water partition coefficient (Wildman–Crippen LogP) is 1.16. The smallest absolute Gasteiger partial charge is 0.0932 e. The van der Waals surface area contributed by atoms with Crippen LogP contribution >= 0.6 is 0 Å². The van der Waals surface area contributed by atoms with E-state index in [0.717, 1.165) is 16.5 Å². The third-order valence-corrected chi connectivity index (χ3v) is 1.98. The first-order chi connectivity index (χ1) is 6.40. The number of hydrogen-bond donors (Lipinski definition) is 1. The van der Waals surface area contributed by atoms with Gasteiger partial charge in [-0.2, -0.15) is 10.2 Å². The van der Waals surface area contributed by atoms with Gasteiger partial charge >= 0.3 is 0 Å². The molecule has 0 aliphatic heterocycles. The number of hydrogen-bond acceptors (Lipinski definition) is 3. The fourth-order valence-electron chi connectivity index (χ4n) is 1.31. The Morgan fingerprint density at radius 2 is 2.15 bits per heavy atom. The molecular formula is C10H10N2O. The largest absolute Gasteiger partial charge is 0.396 e. The average molecular weight is 174 g/mol. The van der Waals surface area contributed by atoms with Crippen molar-refractivity contribution in [2.24, 2.45) is 0 Å². The van der Waals surface area contributed by atoms with Gasteiger partial charge < -0.3 is 5.11 Å². The van der Waals surface area contributed by atoms with E-state index in [2.05, 4.69) is 10.2 Å². The molecule has 0 atom stereocenters. The molecule has 0 fully saturated rings. The lowest BCUT2D eigenvalue weighted by Gasteiger charge is -1.99. The number of aliphatic hydroxyl groups is 1. The highest BCUT2D eigenvalue weighted by molar-refractivity contribution is 5.78. The second-order valence-corrected chi connectivity index (χ2v) is 2.90. The molecule has 2 rings (SSSR count). The van der Waals surface area contributed by atoms with Crippen LogP contribution in [-0.4, -0.2) is 21.9 Å². The molecule has 1 N–H and O–H groups in total. The predicted molar refractivity (Wildman–Crippen MR) is 50.3 cm³/mol. The summed E-state index contributed by atoms with van der Waals surface area (Å²) in [7, 11) is 0. The molecule has 1 heterocycles. The molecule has 0 saturated heterocycles. The van der Waals surface area contributed by atoms with Crippen molar-refractivity contribution in [2.45, 2.75) is 6.42 Å². The Bertz CT molecular complexity index is 414. The number of fused-ring (bicyclic) bond motifs is 1. The third kappa shape index (κ3) is 1.65. The van der Waals surface area contributed by atoms with Gasteiger partial charge in [0, 0.05) is 12.0 Å². The molecule has 1 aromatic heterocycles. The van der Waals surface area contributed by atoms with E-state index in [1.165, 1.54) is 0 Å². The van der Waals surface area contributed by atoms with Crippen molar-refractivity contribution in [2.75, 3.05) is 6.61 Å². The molecule has 0 unspecified atom stereocenters. The molecule has 0 amide bonds. The maximum absolute atomic E-state index is 8.76. The van der Waals surface area contributed by atoms with Gasteiger partial charge in [-0.3, -0.25) is 0 Å². The molecule has 66 valence electrons. The highest BCUT2D eigenvalue weighted by atomic mass is 16.2. The molecule has 0 bridgehead atoms. The molecule has 3 nitrogen and oxygen atoms in total. The molecule has 0 aliphatic carbocycles. The number of nitrogens with zero attached hydrogens (tertiary/aromatic N) is 2. The van der Waals surface area contributed by atoms with Crippen LogP contribution < -0.4 is 0 Å². The first-order valence-electron chi connectivity index (χ1n) is 4.21. The third-order valence-electron chi connectivity index (χ3n) is 1.98.